The number of benzene rings is 1. The van der Waals surface area contributed by atoms with Gasteiger partial charge in [0.2, 0.25) is 0 Å². The van der Waals surface area contributed by atoms with Gasteiger partial charge in [-0.25, -0.2) is 0 Å². The van der Waals surface area contributed by atoms with E-state index in [-0.39, 0.29) is 11.6 Å². The Kier molecular flexibility index (Phi) is 3.99. The second-order valence-corrected chi connectivity index (χ2v) is 4.40. The molecule has 1 aromatic rings. The summed E-state index contributed by atoms with van der Waals surface area (Å²) in [5.41, 5.74) is 3.96. The number of Topliss-reactive ketones (excluding diaryl/α,β-unsaturated/α-hetero) is 2. The Labute approximate surface area is 96.7 Å². The van der Waals surface area contributed by atoms with E-state index in [4.69, 9.17) is 0 Å². The number of carbonyl (C=O) groups is 2. The summed E-state index contributed by atoms with van der Waals surface area (Å²) in [5, 5.41) is 0. The Bertz CT molecular complexity index is 407. The first kappa shape index (κ1) is 12.6. The van der Waals surface area contributed by atoms with E-state index in [0.717, 1.165) is 22.3 Å². The zero-order valence-corrected chi connectivity index (χ0v) is 10.4. The zero-order valence-electron chi connectivity index (χ0n) is 10.4. The molecule has 0 aliphatic rings. The molecule has 1 aromatic carbocycles. The fourth-order valence-corrected chi connectivity index (χ4v) is 2.03. The predicted molar refractivity (Wildman–Crippen MR) is 64.9 cm³/mol. The van der Waals surface area contributed by atoms with Crippen molar-refractivity contribution in [3.05, 3.63) is 34.4 Å². The maximum Gasteiger partial charge on any atom is 0.163 e. The van der Waals surface area contributed by atoms with Gasteiger partial charge in [-0.3, -0.25) is 4.79 Å². The summed E-state index contributed by atoms with van der Waals surface area (Å²) in [7, 11) is 0. The Morgan fingerprint density at radius 2 is 1.50 bits per heavy atom. The monoisotopic (exact) mass is 218 g/mol. The molecule has 2 nitrogen and oxygen atoms in total. The maximum absolute atomic E-state index is 11.9. The molecule has 2 heteroatoms. The van der Waals surface area contributed by atoms with Crippen molar-refractivity contribution in [1.29, 1.82) is 0 Å². The molecule has 0 N–H and O–H groups in total. The molecule has 0 atom stereocenters. The van der Waals surface area contributed by atoms with Gasteiger partial charge in [0.25, 0.3) is 0 Å². The number of hydrogen-bond donors (Lipinski definition) is 0. The molecule has 16 heavy (non-hydrogen) atoms. The number of carbonyl (C=O) groups excluding carboxylic acids is 2. The van der Waals surface area contributed by atoms with E-state index in [9.17, 15) is 9.59 Å². The van der Waals surface area contributed by atoms with Crippen molar-refractivity contribution in [2.75, 3.05) is 0 Å². The molecule has 0 saturated carbocycles. The maximum atomic E-state index is 11.9. The minimum absolute atomic E-state index is 0.0655. The van der Waals surface area contributed by atoms with E-state index in [0.29, 0.717) is 12.8 Å². The smallest absolute Gasteiger partial charge is 0.163 e. The van der Waals surface area contributed by atoms with Crippen LogP contribution in [0.4, 0.5) is 0 Å². The van der Waals surface area contributed by atoms with Crippen LogP contribution < -0.4 is 0 Å². The normalized spacial score (nSPS) is 10.2. The summed E-state index contributed by atoms with van der Waals surface area (Å²) < 4.78 is 0. The fourth-order valence-electron chi connectivity index (χ4n) is 2.03. The number of ketones is 2. The highest BCUT2D eigenvalue weighted by molar-refractivity contribution is 6.00. The average molecular weight is 218 g/mol. The van der Waals surface area contributed by atoms with Crippen molar-refractivity contribution in [2.45, 2.75) is 40.5 Å². The molecule has 86 valence electrons. The molecule has 0 aliphatic carbocycles. The second kappa shape index (κ2) is 5.06. The molecule has 0 aliphatic heterocycles. The predicted octanol–water partition coefficient (Wildman–Crippen LogP) is 3.16. The van der Waals surface area contributed by atoms with Gasteiger partial charge in [-0.2, -0.15) is 0 Å². The lowest BCUT2D eigenvalue weighted by atomic mass is 9.94. The van der Waals surface area contributed by atoms with Crippen LogP contribution in [0.2, 0.25) is 0 Å². The van der Waals surface area contributed by atoms with Crippen molar-refractivity contribution in [3.8, 4) is 0 Å². The molecule has 0 fully saturated rings. The number of rotatable bonds is 4. The van der Waals surface area contributed by atoms with Crippen LogP contribution >= 0.6 is 0 Å². The standard InChI is InChI=1S/C14H18O2/c1-9-7-10(2)14(11(3)8-9)13(16)6-5-12(4)15/h7-8H,5-6H2,1-4H3. The van der Waals surface area contributed by atoms with Crippen LogP contribution in [0.3, 0.4) is 0 Å². The second-order valence-electron chi connectivity index (χ2n) is 4.40. The van der Waals surface area contributed by atoms with Gasteiger partial charge in [-0.05, 0) is 38.8 Å². The van der Waals surface area contributed by atoms with Gasteiger partial charge in [0.1, 0.15) is 5.78 Å². The zero-order chi connectivity index (χ0) is 12.3. The van der Waals surface area contributed by atoms with Crippen molar-refractivity contribution in [2.24, 2.45) is 0 Å². The Morgan fingerprint density at radius 3 is 1.94 bits per heavy atom. The molecule has 0 spiro atoms. The highest BCUT2D eigenvalue weighted by atomic mass is 16.1. The third kappa shape index (κ3) is 3.02. The van der Waals surface area contributed by atoms with Gasteiger partial charge in [0, 0.05) is 18.4 Å². The Balaban J connectivity index is 2.95. The molecule has 0 saturated heterocycles. The molecular formula is C14H18O2. The van der Waals surface area contributed by atoms with E-state index in [1.165, 1.54) is 6.92 Å². The van der Waals surface area contributed by atoms with Gasteiger partial charge >= 0.3 is 0 Å². The van der Waals surface area contributed by atoms with Crippen LogP contribution in [-0.2, 0) is 4.79 Å². The molecule has 0 unspecified atom stereocenters. The lowest BCUT2D eigenvalue weighted by Gasteiger charge is -2.09. The highest BCUT2D eigenvalue weighted by Crippen LogP contribution is 2.18. The SMILES string of the molecule is CC(=O)CCC(=O)c1c(C)cc(C)cc1C. The molecule has 0 radical (unpaired) electrons. The first-order chi connectivity index (χ1) is 7.41. The summed E-state index contributed by atoms with van der Waals surface area (Å²) in [5.74, 6) is 0.140. The van der Waals surface area contributed by atoms with Crippen molar-refractivity contribution in [1.82, 2.24) is 0 Å². The van der Waals surface area contributed by atoms with E-state index < -0.39 is 0 Å². The number of hydrogen-bond acceptors (Lipinski definition) is 2. The van der Waals surface area contributed by atoms with Crippen molar-refractivity contribution in [3.63, 3.8) is 0 Å². The summed E-state index contributed by atoms with van der Waals surface area (Å²) in [6, 6.07) is 4.02. The van der Waals surface area contributed by atoms with E-state index in [2.05, 4.69) is 0 Å². The van der Waals surface area contributed by atoms with Gasteiger partial charge in [-0.1, -0.05) is 17.7 Å². The molecule has 0 amide bonds. The topological polar surface area (TPSA) is 34.1 Å². The molecule has 0 heterocycles. The molecule has 1 rings (SSSR count). The van der Waals surface area contributed by atoms with Crippen LogP contribution in [0.5, 0.6) is 0 Å². The van der Waals surface area contributed by atoms with Crippen LogP contribution in [0.15, 0.2) is 12.1 Å². The molecule has 0 bridgehead atoms. The van der Waals surface area contributed by atoms with Crippen LogP contribution in [0.1, 0.15) is 46.8 Å². The number of aryl methyl sites for hydroxylation is 3. The van der Waals surface area contributed by atoms with Crippen LogP contribution in [-0.4, -0.2) is 11.6 Å². The van der Waals surface area contributed by atoms with Crippen LogP contribution in [0.25, 0.3) is 0 Å². The van der Waals surface area contributed by atoms with Gasteiger partial charge < -0.3 is 4.79 Å². The lowest BCUT2D eigenvalue weighted by molar-refractivity contribution is -0.116. The minimum atomic E-state index is 0.0655. The summed E-state index contributed by atoms with van der Waals surface area (Å²) >= 11 is 0. The summed E-state index contributed by atoms with van der Waals surface area (Å²) in [6.07, 6.45) is 0.658. The van der Waals surface area contributed by atoms with Crippen molar-refractivity contribution >= 4 is 11.6 Å². The van der Waals surface area contributed by atoms with Gasteiger partial charge in [0.15, 0.2) is 5.78 Å². The average Bonchev–Trinajstić information content (AvgIpc) is 2.12. The van der Waals surface area contributed by atoms with E-state index in [1.807, 2.05) is 32.9 Å². The van der Waals surface area contributed by atoms with Gasteiger partial charge in [-0.15, -0.1) is 0 Å². The van der Waals surface area contributed by atoms with E-state index >= 15 is 0 Å². The quantitative estimate of drug-likeness (QED) is 0.727. The first-order valence-electron chi connectivity index (χ1n) is 5.52. The lowest BCUT2D eigenvalue weighted by Crippen LogP contribution is -2.07. The summed E-state index contributed by atoms with van der Waals surface area (Å²) in [4.78, 5) is 22.8. The largest absolute Gasteiger partial charge is 0.300 e. The third-order valence-electron chi connectivity index (χ3n) is 2.66. The highest BCUT2D eigenvalue weighted by Gasteiger charge is 2.13. The Morgan fingerprint density at radius 1 is 1.00 bits per heavy atom. The third-order valence-corrected chi connectivity index (χ3v) is 2.66. The minimum Gasteiger partial charge on any atom is -0.300 e. The Hall–Kier alpha value is -1.44. The van der Waals surface area contributed by atoms with E-state index in [1.54, 1.807) is 0 Å². The molecular weight excluding hydrogens is 200 g/mol. The molecule has 0 aromatic heterocycles. The fraction of sp³-hybridized carbons (Fsp3) is 0.429. The summed E-state index contributed by atoms with van der Waals surface area (Å²) in [6.45, 7) is 7.42. The first-order valence-corrected chi connectivity index (χ1v) is 5.52. The van der Waals surface area contributed by atoms with Gasteiger partial charge in [0.05, 0.1) is 0 Å². The van der Waals surface area contributed by atoms with Crippen molar-refractivity contribution < 1.29 is 9.59 Å². The van der Waals surface area contributed by atoms with Crippen LogP contribution in [0, 0.1) is 20.8 Å².